The molecular formula is C16H31IN4OS. The molecule has 2 N–H and O–H groups in total. The fourth-order valence-electron chi connectivity index (χ4n) is 2.02. The Morgan fingerprint density at radius 3 is 2.52 bits per heavy atom. The number of thiazole rings is 1. The van der Waals surface area contributed by atoms with Gasteiger partial charge in [0.25, 0.3) is 0 Å². The molecule has 0 bridgehead atoms. The summed E-state index contributed by atoms with van der Waals surface area (Å²) in [5.41, 5.74) is 1.15. The van der Waals surface area contributed by atoms with Crippen LogP contribution in [0.3, 0.4) is 0 Å². The first-order valence-corrected chi connectivity index (χ1v) is 8.79. The summed E-state index contributed by atoms with van der Waals surface area (Å²) in [6.07, 6.45) is 1.97. The minimum Gasteiger partial charge on any atom is -0.381 e. The Balaban J connectivity index is 0.00000484. The summed E-state index contributed by atoms with van der Waals surface area (Å²) >= 11 is 1.77. The maximum absolute atomic E-state index is 5.56. The van der Waals surface area contributed by atoms with Gasteiger partial charge in [0.05, 0.1) is 10.7 Å². The van der Waals surface area contributed by atoms with Crippen LogP contribution in [0.4, 0.5) is 0 Å². The van der Waals surface area contributed by atoms with Crippen molar-refractivity contribution in [1.82, 2.24) is 15.6 Å². The van der Waals surface area contributed by atoms with Gasteiger partial charge in [-0.3, -0.25) is 4.99 Å². The van der Waals surface area contributed by atoms with Crippen LogP contribution >= 0.6 is 35.3 Å². The van der Waals surface area contributed by atoms with Gasteiger partial charge < -0.3 is 15.4 Å². The van der Waals surface area contributed by atoms with Crippen molar-refractivity contribution in [3.8, 4) is 0 Å². The highest BCUT2D eigenvalue weighted by atomic mass is 127. The third-order valence-corrected chi connectivity index (χ3v) is 4.21. The minimum absolute atomic E-state index is 0. The lowest BCUT2D eigenvalue weighted by Gasteiger charge is -2.12. The first kappa shape index (κ1) is 22.6. The van der Waals surface area contributed by atoms with E-state index >= 15 is 0 Å². The number of rotatable bonds is 9. The van der Waals surface area contributed by atoms with Crippen molar-refractivity contribution in [1.29, 1.82) is 0 Å². The quantitative estimate of drug-likeness (QED) is 0.261. The standard InChI is InChI=1S/C16H30N4OS.HI/c1-12(2)11-21-10-6-8-18-16(17-5)19-9-7-15-13(3)20-14(4)22-15;/h12H,6-11H2,1-5H3,(H2,17,18,19);1H. The second-order valence-electron chi connectivity index (χ2n) is 5.74. The second-order valence-corrected chi connectivity index (χ2v) is 7.03. The molecule has 0 atom stereocenters. The van der Waals surface area contributed by atoms with Crippen LogP contribution in [0.5, 0.6) is 0 Å². The maximum Gasteiger partial charge on any atom is 0.190 e. The van der Waals surface area contributed by atoms with E-state index in [4.69, 9.17) is 4.74 Å². The van der Waals surface area contributed by atoms with Crippen LogP contribution in [0.25, 0.3) is 0 Å². The van der Waals surface area contributed by atoms with Crippen LogP contribution in [0.2, 0.25) is 0 Å². The van der Waals surface area contributed by atoms with Gasteiger partial charge in [-0.25, -0.2) is 4.98 Å². The second kappa shape index (κ2) is 12.9. The molecule has 0 fully saturated rings. The summed E-state index contributed by atoms with van der Waals surface area (Å²) < 4.78 is 5.56. The van der Waals surface area contributed by atoms with Crippen LogP contribution in [-0.2, 0) is 11.2 Å². The maximum atomic E-state index is 5.56. The van der Waals surface area contributed by atoms with Crippen molar-refractivity contribution in [2.75, 3.05) is 33.4 Å². The Kier molecular flexibility index (Phi) is 12.7. The molecule has 1 rings (SSSR count). The first-order valence-electron chi connectivity index (χ1n) is 7.98. The molecule has 0 aromatic carbocycles. The van der Waals surface area contributed by atoms with Gasteiger partial charge in [-0.05, 0) is 26.2 Å². The number of hydrogen-bond acceptors (Lipinski definition) is 4. The van der Waals surface area contributed by atoms with E-state index in [1.807, 2.05) is 0 Å². The summed E-state index contributed by atoms with van der Waals surface area (Å²) in [6, 6.07) is 0. The fraction of sp³-hybridized carbons (Fsp3) is 0.750. The monoisotopic (exact) mass is 454 g/mol. The van der Waals surface area contributed by atoms with Crippen molar-refractivity contribution in [2.45, 2.75) is 40.5 Å². The Labute approximate surface area is 161 Å². The number of hydrogen-bond donors (Lipinski definition) is 2. The molecule has 134 valence electrons. The lowest BCUT2D eigenvalue weighted by Crippen LogP contribution is -2.39. The Hall–Kier alpha value is -0.410. The van der Waals surface area contributed by atoms with Gasteiger partial charge in [-0.1, -0.05) is 13.8 Å². The Morgan fingerprint density at radius 1 is 1.26 bits per heavy atom. The predicted octanol–water partition coefficient (Wildman–Crippen LogP) is 3.15. The number of aliphatic imine (C=N–C) groups is 1. The number of nitrogens with one attached hydrogen (secondary N) is 2. The topological polar surface area (TPSA) is 58.5 Å². The molecule has 5 nitrogen and oxygen atoms in total. The molecule has 0 spiro atoms. The normalized spacial score (nSPS) is 11.5. The highest BCUT2D eigenvalue weighted by Gasteiger charge is 2.05. The average molecular weight is 454 g/mol. The van der Waals surface area contributed by atoms with Crippen LogP contribution < -0.4 is 10.6 Å². The summed E-state index contributed by atoms with van der Waals surface area (Å²) in [6.45, 7) is 11.8. The number of ether oxygens (including phenoxy) is 1. The van der Waals surface area contributed by atoms with Gasteiger partial charge in [0.15, 0.2) is 5.96 Å². The van der Waals surface area contributed by atoms with Gasteiger partial charge in [0.1, 0.15) is 0 Å². The molecule has 0 saturated carbocycles. The highest BCUT2D eigenvalue weighted by molar-refractivity contribution is 14.0. The summed E-state index contributed by atoms with van der Waals surface area (Å²) in [4.78, 5) is 10.0. The van der Waals surface area contributed by atoms with Crippen molar-refractivity contribution in [2.24, 2.45) is 10.9 Å². The average Bonchev–Trinajstić information content (AvgIpc) is 2.78. The van der Waals surface area contributed by atoms with Crippen LogP contribution in [0.1, 0.15) is 35.8 Å². The van der Waals surface area contributed by atoms with E-state index in [-0.39, 0.29) is 24.0 Å². The molecule has 1 aromatic heterocycles. The Morgan fingerprint density at radius 2 is 1.96 bits per heavy atom. The lowest BCUT2D eigenvalue weighted by molar-refractivity contribution is 0.108. The third kappa shape index (κ3) is 10.1. The molecule has 0 amide bonds. The molecular weight excluding hydrogens is 423 g/mol. The fourth-order valence-corrected chi connectivity index (χ4v) is 2.96. The summed E-state index contributed by atoms with van der Waals surface area (Å²) in [5.74, 6) is 1.45. The predicted molar refractivity (Wildman–Crippen MR) is 110 cm³/mol. The smallest absolute Gasteiger partial charge is 0.190 e. The molecule has 1 heterocycles. The molecule has 0 aliphatic heterocycles. The van der Waals surface area contributed by atoms with Gasteiger partial charge in [0, 0.05) is 44.6 Å². The van der Waals surface area contributed by atoms with Crippen molar-refractivity contribution in [3.63, 3.8) is 0 Å². The molecule has 7 heteroatoms. The van der Waals surface area contributed by atoms with Crippen LogP contribution in [0, 0.1) is 19.8 Å². The minimum atomic E-state index is 0. The molecule has 0 radical (unpaired) electrons. The summed E-state index contributed by atoms with van der Waals surface area (Å²) in [7, 11) is 1.80. The van der Waals surface area contributed by atoms with Crippen LogP contribution in [0.15, 0.2) is 4.99 Å². The zero-order valence-corrected chi connectivity index (χ0v) is 18.1. The van der Waals surface area contributed by atoms with Crippen molar-refractivity contribution in [3.05, 3.63) is 15.6 Å². The molecule has 0 saturated heterocycles. The van der Waals surface area contributed by atoms with E-state index in [2.05, 4.69) is 48.3 Å². The van der Waals surface area contributed by atoms with E-state index < -0.39 is 0 Å². The van der Waals surface area contributed by atoms with Crippen molar-refractivity contribution < 1.29 is 4.74 Å². The molecule has 0 unspecified atom stereocenters. The van der Waals surface area contributed by atoms with Gasteiger partial charge in [0.2, 0.25) is 0 Å². The van der Waals surface area contributed by atoms with E-state index in [1.54, 1.807) is 18.4 Å². The van der Waals surface area contributed by atoms with Gasteiger partial charge in [-0.15, -0.1) is 35.3 Å². The zero-order valence-electron chi connectivity index (χ0n) is 14.9. The molecule has 0 aliphatic rings. The number of nitrogens with zero attached hydrogens (tertiary/aromatic N) is 2. The third-order valence-electron chi connectivity index (χ3n) is 3.08. The number of aromatic nitrogens is 1. The summed E-state index contributed by atoms with van der Waals surface area (Å²) in [5, 5.41) is 7.79. The lowest BCUT2D eigenvalue weighted by atomic mass is 10.2. The van der Waals surface area contributed by atoms with E-state index in [1.165, 1.54) is 4.88 Å². The zero-order chi connectivity index (χ0) is 16.4. The number of guanidine groups is 1. The van der Waals surface area contributed by atoms with E-state index in [9.17, 15) is 0 Å². The first-order chi connectivity index (χ1) is 10.5. The van der Waals surface area contributed by atoms with Gasteiger partial charge >= 0.3 is 0 Å². The van der Waals surface area contributed by atoms with Gasteiger partial charge in [-0.2, -0.15) is 0 Å². The van der Waals surface area contributed by atoms with Crippen molar-refractivity contribution >= 4 is 41.3 Å². The number of halogens is 1. The van der Waals surface area contributed by atoms with E-state index in [0.29, 0.717) is 5.92 Å². The largest absolute Gasteiger partial charge is 0.381 e. The van der Waals surface area contributed by atoms with Crippen LogP contribution in [-0.4, -0.2) is 44.3 Å². The molecule has 23 heavy (non-hydrogen) atoms. The molecule has 0 aliphatic carbocycles. The Bertz CT molecular complexity index is 463. The highest BCUT2D eigenvalue weighted by Crippen LogP contribution is 2.16. The number of aryl methyl sites for hydroxylation is 2. The van der Waals surface area contributed by atoms with E-state index in [0.717, 1.165) is 55.8 Å². The SMILES string of the molecule is CN=C(NCCCOCC(C)C)NCCc1sc(C)nc1C.I. The molecule has 1 aromatic rings.